The SMILES string of the molecule is CCOC(=O)c1cc(N2CC(CS(N)(=O)=O)CC2=O)n[nH]1. The van der Waals surface area contributed by atoms with Gasteiger partial charge < -0.3 is 4.74 Å². The highest BCUT2D eigenvalue weighted by Crippen LogP contribution is 2.24. The lowest BCUT2D eigenvalue weighted by molar-refractivity contribution is -0.117. The highest BCUT2D eigenvalue weighted by atomic mass is 32.2. The number of carbonyl (C=O) groups is 2. The minimum absolute atomic E-state index is 0.0814. The first-order valence-corrected chi connectivity index (χ1v) is 8.05. The van der Waals surface area contributed by atoms with Crippen LogP contribution in [-0.2, 0) is 19.6 Å². The van der Waals surface area contributed by atoms with Crippen LogP contribution in [0.2, 0.25) is 0 Å². The molecule has 1 amide bonds. The minimum Gasteiger partial charge on any atom is -0.461 e. The molecule has 21 heavy (non-hydrogen) atoms. The van der Waals surface area contributed by atoms with Crippen LogP contribution < -0.4 is 10.0 Å². The first kappa shape index (κ1) is 15.4. The number of primary sulfonamides is 1. The molecular weight excluding hydrogens is 300 g/mol. The van der Waals surface area contributed by atoms with Crippen LogP contribution in [0.3, 0.4) is 0 Å². The fourth-order valence-corrected chi connectivity index (χ4v) is 3.09. The number of nitrogens with one attached hydrogen (secondary N) is 1. The normalized spacial score (nSPS) is 19.0. The van der Waals surface area contributed by atoms with Gasteiger partial charge in [0.1, 0.15) is 5.69 Å². The summed E-state index contributed by atoms with van der Waals surface area (Å²) in [7, 11) is -3.63. The van der Waals surface area contributed by atoms with E-state index in [1.807, 2.05) is 0 Å². The third-order valence-electron chi connectivity index (χ3n) is 3.01. The van der Waals surface area contributed by atoms with Gasteiger partial charge in [-0.15, -0.1) is 0 Å². The third kappa shape index (κ3) is 3.79. The van der Waals surface area contributed by atoms with Crippen molar-refractivity contribution in [2.75, 3.05) is 23.8 Å². The third-order valence-corrected chi connectivity index (χ3v) is 3.95. The van der Waals surface area contributed by atoms with E-state index in [0.29, 0.717) is 0 Å². The van der Waals surface area contributed by atoms with Crippen molar-refractivity contribution < 1.29 is 22.7 Å². The molecular formula is C11H16N4O5S. The van der Waals surface area contributed by atoms with Crippen LogP contribution in [0.5, 0.6) is 0 Å². The summed E-state index contributed by atoms with van der Waals surface area (Å²) in [6, 6.07) is 1.40. The molecule has 0 aromatic carbocycles. The second-order valence-corrected chi connectivity index (χ2v) is 6.42. The summed E-state index contributed by atoms with van der Waals surface area (Å²) in [5.41, 5.74) is 0.134. The Morgan fingerprint density at radius 2 is 2.33 bits per heavy atom. The Morgan fingerprint density at radius 1 is 1.62 bits per heavy atom. The number of nitrogens with two attached hydrogens (primary N) is 1. The molecule has 10 heteroatoms. The molecule has 116 valence electrons. The van der Waals surface area contributed by atoms with E-state index in [0.717, 1.165) is 0 Å². The molecule has 0 saturated carbocycles. The zero-order valence-electron chi connectivity index (χ0n) is 11.4. The summed E-state index contributed by atoms with van der Waals surface area (Å²) in [4.78, 5) is 24.7. The second-order valence-electron chi connectivity index (χ2n) is 4.76. The van der Waals surface area contributed by atoms with E-state index in [-0.39, 0.29) is 48.7 Å². The zero-order chi connectivity index (χ0) is 15.6. The summed E-state index contributed by atoms with van der Waals surface area (Å²) in [6.45, 7) is 2.10. The van der Waals surface area contributed by atoms with Crippen LogP contribution in [0, 0.1) is 5.92 Å². The van der Waals surface area contributed by atoms with E-state index in [1.165, 1.54) is 11.0 Å². The number of hydrogen-bond acceptors (Lipinski definition) is 6. The number of carbonyl (C=O) groups excluding carboxylic acids is 2. The van der Waals surface area contributed by atoms with Crippen molar-refractivity contribution in [1.82, 2.24) is 10.2 Å². The predicted molar refractivity (Wildman–Crippen MR) is 73.0 cm³/mol. The summed E-state index contributed by atoms with van der Waals surface area (Å²) in [5.74, 6) is -1.20. The number of amides is 1. The Bertz CT molecular complexity index is 653. The van der Waals surface area contributed by atoms with Gasteiger partial charge in [-0.1, -0.05) is 0 Å². The lowest BCUT2D eigenvalue weighted by atomic mass is 10.1. The molecule has 0 aliphatic carbocycles. The van der Waals surface area contributed by atoms with Crippen LogP contribution in [0.4, 0.5) is 5.82 Å². The predicted octanol–water partition coefficient (Wildman–Crippen LogP) is -0.772. The molecule has 1 fully saturated rings. The second kappa shape index (κ2) is 5.82. The molecule has 0 spiro atoms. The number of esters is 1. The van der Waals surface area contributed by atoms with E-state index >= 15 is 0 Å². The van der Waals surface area contributed by atoms with Gasteiger partial charge in [0, 0.05) is 24.9 Å². The van der Waals surface area contributed by atoms with Gasteiger partial charge in [-0.2, -0.15) is 5.10 Å². The van der Waals surface area contributed by atoms with Crippen LogP contribution in [0.15, 0.2) is 6.07 Å². The lowest BCUT2D eigenvalue weighted by Crippen LogP contribution is -2.27. The molecule has 1 aromatic rings. The van der Waals surface area contributed by atoms with E-state index in [4.69, 9.17) is 9.88 Å². The van der Waals surface area contributed by atoms with Crippen LogP contribution in [0.1, 0.15) is 23.8 Å². The van der Waals surface area contributed by atoms with Crippen molar-refractivity contribution in [1.29, 1.82) is 0 Å². The van der Waals surface area contributed by atoms with Gasteiger partial charge in [-0.3, -0.25) is 14.8 Å². The number of hydrogen-bond donors (Lipinski definition) is 2. The molecule has 9 nitrogen and oxygen atoms in total. The maximum absolute atomic E-state index is 11.9. The molecule has 1 atom stereocenters. The Hall–Kier alpha value is -1.94. The quantitative estimate of drug-likeness (QED) is 0.684. The molecule has 1 saturated heterocycles. The Labute approximate surface area is 121 Å². The van der Waals surface area contributed by atoms with E-state index < -0.39 is 16.0 Å². The number of sulfonamides is 1. The Balaban J connectivity index is 2.09. The summed E-state index contributed by atoms with van der Waals surface area (Å²) < 4.78 is 26.9. The van der Waals surface area contributed by atoms with Crippen molar-refractivity contribution in [2.45, 2.75) is 13.3 Å². The fourth-order valence-electron chi connectivity index (χ4n) is 2.21. The summed E-state index contributed by atoms with van der Waals surface area (Å²) >= 11 is 0. The van der Waals surface area contributed by atoms with Gasteiger partial charge in [-0.25, -0.2) is 18.4 Å². The standard InChI is InChI=1S/C11H16N4O5S/c1-2-20-11(17)8-4-9(14-13-8)15-5-7(3-10(15)16)6-21(12,18)19/h4,7H,2-3,5-6H2,1H3,(H,13,14)(H2,12,18,19). The fraction of sp³-hybridized carbons (Fsp3) is 0.545. The topological polar surface area (TPSA) is 135 Å². The average molecular weight is 316 g/mol. The van der Waals surface area contributed by atoms with E-state index in [9.17, 15) is 18.0 Å². The van der Waals surface area contributed by atoms with Crippen LogP contribution in [0.25, 0.3) is 0 Å². The number of aromatic amines is 1. The average Bonchev–Trinajstić information content (AvgIpc) is 2.94. The van der Waals surface area contributed by atoms with Crippen molar-refractivity contribution in [3.8, 4) is 0 Å². The number of ether oxygens (including phenoxy) is 1. The molecule has 1 aliphatic heterocycles. The van der Waals surface area contributed by atoms with Crippen LogP contribution in [-0.4, -0.2) is 49.4 Å². The van der Waals surface area contributed by atoms with Gasteiger partial charge >= 0.3 is 5.97 Å². The van der Waals surface area contributed by atoms with E-state index in [2.05, 4.69) is 10.2 Å². The van der Waals surface area contributed by atoms with Crippen LogP contribution >= 0.6 is 0 Å². The number of H-pyrrole nitrogens is 1. The Morgan fingerprint density at radius 3 is 2.95 bits per heavy atom. The summed E-state index contributed by atoms with van der Waals surface area (Å²) in [6.07, 6.45) is 0.0814. The first-order valence-electron chi connectivity index (χ1n) is 6.33. The van der Waals surface area contributed by atoms with Gasteiger partial charge in [0.15, 0.2) is 5.82 Å². The largest absolute Gasteiger partial charge is 0.461 e. The molecule has 1 aromatic heterocycles. The highest BCUT2D eigenvalue weighted by molar-refractivity contribution is 7.89. The Kier molecular flexibility index (Phi) is 4.28. The number of rotatable bonds is 5. The van der Waals surface area contributed by atoms with Crippen molar-refractivity contribution in [2.24, 2.45) is 11.1 Å². The van der Waals surface area contributed by atoms with Gasteiger partial charge in [-0.05, 0) is 6.92 Å². The maximum atomic E-state index is 11.9. The lowest BCUT2D eigenvalue weighted by Gasteiger charge is -2.12. The van der Waals surface area contributed by atoms with Gasteiger partial charge in [0.25, 0.3) is 0 Å². The number of anilines is 1. The smallest absolute Gasteiger partial charge is 0.356 e. The molecule has 2 heterocycles. The molecule has 0 radical (unpaired) electrons. The van der Waals surface area contributed by atoms with Crippen molar-refractivity contribution >= 4 is 27.7 Å². The van der Waals surface area contributed by atoms with E-state index in [1.54, 1.807) is 6.92 Å². The van der Waals surface area contributed by atoms with Crippen molar-refractivity contribution in [3.05, 3.63) is 11.8 Å². The number of aromatic nitrogens is 2. The maximum Gasteiger partial charge on any atom is 0.356 e. The first-order chi connectivity index (χ1) is 9.80. The molecule has 1 aliphatic rings. The monoisotopic (exact) mass is 316 g/mol. The molecule has 1 unspecified atom stereocenters. The number of nitrogens with zero attached hydrogens (tertiary/aromatic N) is 2. The molecule has 3 N–H and O–H groups in total. The highest BCUT2D eigenvalue weighted by Gasteiger charge is 2.34. The van der Waals surface area contributed by atoms with Crippen molar-refractivity contribution in [3.63, 3.8) is 0 Å². The minimum atomic E-state index is -3.63. The zero-order valence-corrected chi connectivity index (χ0v) is 12.2. The summed E-state index contributed by atoms with van der Waals surface area (Å²) in [5, 5.41) is 11.4. The van der Waals surface area contributed by atoms with Gasteiger partial charge in [0.05, 0.1) is 12.4 Å². The molecule has 2 rings (SSSR count). The molecule has 0 bridgehead atoms. The van der Waals surface area contributed by atoms with Gasteiger partial charge in [0.2, 0.25) is 15.9 Å².